The van der Waals surface area contributed by atoms with Crippen LogP contribution in [0.4, 0.5) is 0 Å². The van der Waals surface area contributed by atoms with E-state index in [0.717, 1.165) is 44.1 Å². The summed E-state index contributed by atoms with van der Waals surface area (Å²) in [5, 5.41) is 11.4. The van der Waals surface area contributed by atoms with Crippen molar-refractivity contribution in [3.8, 4) is 0 Å². The lowest BCUT2D eigenvalue weighted by molar-refractivity contribution is -0.144. The molecule has 122 valence electrons. The van der Waals surface area contributed by atoms with Gasteiger partial charge in [-0.2, -0.15) is 0 Å². The topological polar surface area (TPSA) is 29.5 Å². The van der Waals surface area contributed by atoms with Crippen molar-refractivity contribution in [1.82, 2.24) is 0 Å². The number of rotatable bonds is 2. The molecule has 2 aliphatic carbocycles. The van der Waals surface area contributed by atoms with Crippen LogP contribution < -0.4 is 0 Å². The molecule has 3 rings (SSSR count). The minimum atomic E-state index is -0.400. The highest BCUT2D eigenvalue weighted by Gasteiger charge is 2.47. The molecule has 0 aromatic carbocycles. The predicted molar refractivity (Wildman–Crippen MR) is 86.2 cm³/mol. The van der Waals surface area contributed by atoms with Gasteiger partial charge >= 0.3 is 0 Å². The zero-order valence-electron chi connectivity index (χ0n) is 14.1. The van der Waals surface area contributed by atoms with E-state index in [2.05, 4.69) is 13.8 Å². The Hall–Kier alpha value is -0.0800. The van der Waals surface area contributed by atoms with Gasteiger partial charge in [0.25, 0.3) is 0 Å². The number of hydrogen-bond donors (Lipinski definition) is 1. The van der Waals surface area contributed by atoms with Crippen LogP contribution in [-0.2, 0) is 4.74 Å². The van der Waals surface area contributed by atoms with Gasteiger partial charge in [0, 0.05) is 6.61 Å². The van der Waals surface area contributed by atoms with Crippen molar-refractivity contribution >= 4 is 0 Å². The summed E-state index contributed by atoms with van der Waals surface area (Å²) in [5.74, 6) is 2.07. The van der Waals surface area contributed by atoms with Crippen LogP contribution in [0, 0.1) is 17.8 Å². The highest BCUT2D eigenvalue weighted by atomic mass is 16.5. The lowest BCUT2D eigenvalue weighted by Gasteiger charge is -2.45. The van der Waals surface area contributed by atoms with Crippen molar-refractivity contribution in [2.45, 2.75) is 95.7 Å². The third-order valence-corrected chi connectivity index (χ3v) is 6.84. The van der Waals surface area contributed by atoms with Crippen molar-refractivity contribution in [2.24, 2.45) is 17.8 Å². The first-order valence-electron chi connectivity index (χ1n) is 9.39. The van der Waals surface area contributed by atoms with Gasteiger partial charge in [-0.15, -0.1) is 0 Å². The van der Waals surface area contributed by atoms with E-state index in [-0.39, 0.29) is 5.60 Å². The normalized spacial score (nSPS) is 40.6. The predicted octanol–water partition coefficient (Wildman–Crippen LogP) is 4.69. The molecule has 0 amide bonds. The van der Waals surface area contributed by atoms with Crippen LogP contribution in [0.25, 0.3) is 0 Å². The first kappa shape index (κ1) is 15.8. The summed E-state index contributed by atoms with van der Waals surface area (Å²) in [6.45, 7) is 5.56. The van der Waals surface area contributed by atoms with Crippen molar-refractivity contribution in [3.05, 3.63) is 0 Å². The molecule has 3 atom stereocenters. The summed E-state index contributed by atoms with van der Waals surface area (Å²) in [7, 11) is 0. The minimum absolute atomic E-state index is 0.141. The van der Waals surface area contributed by atoms with E-state index >= 15 is 0 Å². The van der Waals surface area contributed by atoms with Crippen LogP contribution in [-0.4, -0.2) is 22.9 Å². The van der Waals surface area contributed by atoms with E-state index < -0.39 is 5.60 Å². The summed E-state index contributed by atoms with van der Waals surface area (Å²) in [5.41, 5.74) is -0.259. The van der Waals surface area contributed by atoms with Gasteiger partial charge in [0.2, 0.25) is 0 Å². The second kappa shape index (κ2) is 6.20. The summed E-state index contributed by atoms with van der Waals surface area (Å²) < 4.78 is 6.17. The molecular formula is C19H34O2. The molecule has 1 heterocycles. The Morgan fingerprint density at radius 1 is 0.952 bits per heavy atom. The average Bonchev–Trinajstić information content (AvgIpc) is 2.79. The fourth-order valence-corrected chi connectivity index (χ4v) is 5.30. The van der Waals surface area contributed by atoms with Crippen molar-refractivity contribution in [2.75, 3.05) is 6.61 Å². The molecule has 1 saturated heterocycles. The van der Waals surface area contributed by atoms with Crippen molar-refractivity contribution in [3.63, 3.8) is 0 Å². The molecule has 1 spiro atoms. The molecule has 2 heteroatoms. The van der Waals surface area contributed by atoms with E-state index in [1.807, 2.05) is 0 Å². The maximum Gasteiger partial charge on any atom is 0.0686 e. The molecule has 1 N–H and O–H groups in total. The van der Waals surface area contributed by atoms with Gasteiger partial charge < -0.3 is 9.84 Å². The Bertz CT molecular complexity index is 345. The Labute approximate surface area is 130 Å². The van der Waals surface area contributed by atoms with E-state index in [0.29, 0.717) is 5.92 Å². The van der Waals surface area contributed by atoms with E-state index in [1.165, 1.54) is 44.9 Å². The second-order valence-corrected chi connectivity index (χ2v) is 8.47. The first-order chi connectivity index (χ1) is 10.0. The zero-order valence-corrected chi connectivity index (χ0v) is 14.1. The monoisotopic (exact) mass is 294 g/mol. The molecule has 3 aliphatic rings. The largest absolute Gasteiger partial charge is 0.390 e. The molecular weight excluding hydrogens is 260 g/mol. The molecule has 3 fully saturated rings. The smallest absolute Gasteiger partial charge is 0.0686 e. The summed E-state index contributed by atoms with van der Waals surface area (Å²) in [4.78, 5) is 0. The van der Waals surface area contributed by atoms with Crippen LogP contribution in [0.5, 0.6) is 0 Å². The molecule has 0 radical (unpaired) electrons. The van der Waals surface area contributed by atoms with Crippen molar-refractivity contribution < 1.29 is 9.84 Å². The Balaban J connectivity index is 1.66. The highest BCUT2D eigenvalue weighted by molar-refractivity contribution is 4.98. The van der Waals surface area contributed by atoms with Gasteiger partial charge in [0.05, 0.1) is 11.2 Å². The molecule has 1 aliphatic heterocycles. The van der Waals surface area contributed by atoms with Gasteiger partial charge in [-0.25, -0.2) is 0 Å². The Morgan fingerprint density at radius 2 is 1.71 bits per heavy atom. The fourth-order valence-electron chi connectivity index (χ4n) is 5.30. The molecule has 21 heavy (non-hydrogen) atoms. The fraction of sp³-hybridized carbons (Fsp3) is 1.00. The lowest BCUT2D eigenvalue weighted by atomic mass is 9.71. The van der Waals surface area contributed by atoms with Crippen LogP contribution >= 0.6 is 0 Å². The minimum Gasteiger partial charge on any atom is -0.390 e. The van der Waals surface area contributed by atoms with E-state index in [1.54, 1.807) is 0 Å². The molecule has 2 saturated carbocycles. The molecule has 0 bridgehead atoms. The second-order valence-electron chi connectivity index (χ2n) is 8.47. The van der Waals surface area contributed by atoms with Crippen LogP contribution in [0.15, 0.2) is 0 Å². The van der Waals surface area contributed by atoms with Crippen molar-refractivity contribution in [1.29, 1.82) is 0 Å². The Kier molecular flexibility index (Phi) is 4.66. The number of hydrogen-bond acceptors (Lipinski definition) is 2. The van der Waals surface area contributed by atoms with Gasteiger partial charge in [-0.3, -0.25) is 0 Å². The summed E-state index contributed by atoms with van der Waals surface area (Å²) >= 11 is 0. The third kappa shape index (κ3) is 3.32. The quantitative estimate of drug-likeness (QED) is 0.748. The van der Waals surface area contributed by atoms with Gasteiger partial charge in [0.15, 0.2) is 0 Å². The highest BCUT2D eigenvalue weighted by Crippen LogP contribution is 2.48. The molecule has 3 unspecified atom stereocenters. The molecule has 0 aromatic heterocycles. The van der Waals surface area contributed by atoms with Gasteiger partial charge in [-0.1, -0.05) is 39.5 Å². The van der Waals surface area contributed by atoms with Gasteiger partial charge in [0.1, 0.15) is 0 Å². The maximum absolute atomic E-state index is 11.4. The van der Waals surface area contributed by atoms with Gasteiger partial charge in [-0.05, 0) is 62.7 Å². The number of aliphatic hydroxyl groups is 1. The molecule has 2 nitrogen and oxygen atoms in total. The number of ether oxygens (including phenoxy) is 1. The third-order valence-electron chi connectivity index (χ3n) is 6.84. The van der Waals surface area contributed by atoms with E-state index in [9.17, 15) is 5.11 Å². The molecule has 0 aromatic rings. The lowest BCUT2D eigenvalue weighted by Crippen LogP contribution is -2.47. The standard InChI is InChI=1S/C19H34O2/c1-15(2)16-6-5-11-19(20,12-7-16)17-8-13-21-18(14-17)9-3-4-10-18/h15-17,20H,3-14H2,1-2H3. The Morgan fingerprint density at radius 3 is 2.43 bits per heavy atom. The average molecular weight is 294 g/mol. The van der Waals surface area contributed by atoms with Crippen LogP contribution in [0.3, 0.4) is 0 Å². The van der Waals surface area contributed by atoms with E-state index in [4.69, 9.17) is 4.74 Å². The van der Waals surface area contributed by atoms with Crippen LogP contribution in [0.2, 0.25) is 0 Å². The first-order valence-corrected chi connectivity index (χ1v) is 9.39. The maximum atomic E-state index is 11.4. The summed E-state index contributed by atoms with van der Waals surface area (Å²) in [6.07, 6.45) is 13.1. The van der Waals surface area contributed by atoms with Crippen LogP contribution in [0.1, 0.15) is 84.5 Å². The summed E-state index contributed by atoms with van der Waals surface area (Å²) in [6, 6.07) is 0. The zero-order chi connectivity index (χ0) is 14.9. The SMILES string of the molecule is CC(C)C1CCCC(O)(C2CCOC3(CCCC3)C2)CC1.